The number of amidine groups is 1. The topological polar surface area (TPSA) is 123 Å². The summed E-state index contributed by atoms with van der Waals surface area (Å²) in [7, 11) is 0. The summed E-state index contributed by atoms with van der Waals surface area (Å²) in [6.45, 7) is 0.0764. The number of amides is 1. The largest absolute Gasteiger partial charge is 1.00 e. The van der Waals surface area contributed by atoms with Crippen molar-refractivity contribution in [2.75, 3.05) is 5.32 Å². The van der Waals surface area contributed by atoms with Crippen LogP contribution in [0.5, 0.6) is 0 Å². The van der Waals surface area contributed by atoms with Crippen molar-refractivity contribution >= 4 is 34.3 Å². The van der Waals surface area contributed by atoms with E-state index in [1.54, 1.807) is 35.0 Å². The van der Waals surface area contributed by atoms with Gasteiger partial charge >= 0.3 is 5.97 Å². The average molecular weight is 387 g/mol. The first-order valence-electron chi connectivity index (χ1n) is 8.01. The monoisotopic (exact) mass is 386 g/mol. The van der Waals surface area contributed by atoms with Gasteiger partial charge in [-0.25, -0.2) is 0 Å². The first kappa shape index (κ1) is 20.0. The molecule has 0 unspecified atom stereocenters. The van der Waals surface area contributed by atoms with Crippen LogP contribution < -0.4 is 28.9 Å². The van der Waals surface area contributed by atoms with E-state index < -0.39 is 5.97 Å². The second-order valence-corrected chi connectivity index (χ2v) is 5.95. The van der Waals surface area contributed by atoms with Crippen LogP contribution >= 0.6 is 0 Å². The molecule has 0 radical (unpaired) electrons. The number of fused-ring (bicyclic) bond motifs is 1. The number of benzene rings is 2. The Balaban J connectivity index is 0.00000261. The number of para-hydroxylation sites is 1. The van der Waals surface area contributed by atoms with Gasteiger partial charge in [0, 0.05) is 22.8 Å². The second kappa shape index (κ2) is 8.37. The van der Waals surface area contributed by atoms with E-state index in [-0.39, 0.29) is 37.1 Å². The molecule has 27 heavy (non-hydrogen) atoms. The fourth-order valence-corrected chi connectivity index (χ4v) is 2.86. The van der Waals surface area contributed by atoms with Crippen LogP contribution in [0.1, 0.15) is 11.1 Å². The maximum absolute atomic E-state index is 12.4. The number of halogens is 1. The van der Waals surface area contributed by atoms with Crippen LogP contribution in [0.4, 0.5) is 5.69 Å². The summed E-state index contributed by atoms with van der Waals surface area (Å²) in [6, 6.07) is 14.3. The second-order valence-electron chi connectivity index (χ2n) is 5.95. The number of carbonyl (C=O) groups excluding carboxylic acids is 1. The Morgan fingerprint density at radius 1 is 1.11 bits per heavy atom. The summed E-state index contributed by atoms with van der Waals surface area (Å²) < 4.78 is 1.75. The Bertz CT molecular complexity index is 996. The van der Waals surface area contributed by atoms with Crippen molar-refractivity contribution in [2.24, 2.45) is 5.73 Å². The molecule has 140 valence electrons. The van der Waals surface area contributed by atoms with E-state index >= 15 is 0 Å². The SMILES string of the molecule is NC(=[NH2+])c1ccc(NC(=O)Cn2cc(CC(=O)O)c3ccccc32)cc1.[Cl-]. The van der Waals surface area contributed by atoms with Crippen molar-refractivity contribution in [3.05, 3.63) is 65.9 Å². The molecule has 0 aliphatic carbocycles. The molecule has 1 aromatic heterocycles. The Morgan fingerprint density at radius 3 is 2.41 bits per heavy atom. The predicted octanol–water partition coefficient (Wildman–Crippen LogP) is -2.62. The minimum atomic E-state index is -0.909. The number of hydrogen-bond acceptors (Lipinski definition) is 2. The molecule has 0 saturated heterocycles. The number of nitrogens with two attached hydrogens (primary N) is 2. The van der Waals surface area contributed by atoms with E-state index in [0.29, 0.717) is 16.8 Å². The van der Waals surface area contributed by atoms with Gasteiger partial charge in [-0.1, -0.05) is 18.2 Å². The molecule has 3 aromatic rings. The van der Waals surface area contributed by atoms with Crippen LogP contribution in [0.2, 0.25) is 0 Å². The quantitative estimate of drug-likeness (QED) is 0.273. The average Bonchev–Trinajstić information content (AvgIpc) is 2.92. The zero-order valence-electron chi connectivity index (χ0n) is 14.4. The predicted molar refractivity (Wildman–Crippen MR) is 98.6 cm³/mol. The van der Waals surface area contributed by atoms with Gasteiger partial charge in [0.05, 0.1) is 12.0 Å². The zero-order valence-corrected chi connectivity index (χ0v) is 15.1. The molecule has 0 saturated carbocycles. The number of anilines is 1. The lowest BCUT2D eigenvalue weighted by atomic mass is 10.1. The van der Waals surface area contributed by atoms with E-state index in [4.69, 9.17) is 16.2 Å². The van der Waals surface area contributed by atoms with Gasteiger partial charge in [-0.3, -0.25) is 20.7 Å². The van der Waals surface area contributed by atoms with Crippen LogP contribution in [0.15, 0.2) is 54.7 Å². The van der Waals surface area contributed by atoms with Crippen molar-refractivity contribution < 1.29 is 32.5 Å². The normalized spacial score (nSPS) is 10.2. The minimum Gasteiger partial charge on any atom is -1.00 e. The summed E-state index contributed by atoms with van der Waals surface area (Å²) in [4.78, 5) is 23.4. The standard InChI is InChI=1S/C19H18N4O3.ClH/c20-19(21)12-5-7-14(8-6-12)22-17(24)11-23-10-13(9-18(25)26)15-3-1-2-4-16(15)23;/h1-8,10H,9,11H2,(H3,20,21)(H,22,24)(H,25,26);1H. The minimum absolute atomic E-state index is 0. The summed E-state index contributed by atoms with van der Waals surface area (Å²) in [5, 5.41) is 18.2. The summed E-state index contributed by atoms with van der Waals surface area (Å²) in [5.74, 6) is -0.911. The van der Waals surface area contributed by atoms with Gasteiger partial charge < -0.3 is 27.4 Å². The van der Waals surface area contributed by atoms with Crippen LogP contribution in [-0.2, 0) is 22.6 Å². The molecular weight excluding hydrogens is 368 g/mol. The van der Waals surface area contributed by atoms with Gasteiger partial charge in [-0.2, -0.15) is 0 Å². The van der Waals surface area contributed by atoms with Crippen molar-refractivity contribution in [2.45, 2.75) is 13.0 Å². The first-order chi connectivity index (χ1) is 12.4. The number of nitrogens with zero attached hydrogens (tertiary/aromatic N) is 1. The third-order valence-electron chi connectivity index (χ3n) is 4.03. The van der Waals surface area contributed by atoms with E-state index in [0.717, 1.165) is 10.9 Å². The van der Waals surface area contributed by atoms with Crippen LogP contribution in [0, 0.1) is 0 Å². The molecule has 0 atom stereocenters. The van der Waals surface area contributed by atoms with Gasteiger partial charge in [0.25, 0.3) is 5.84 Å². The van der Waals surface area contributed by atoms with Gasteiger partial charge in [0.2, 0.25) is 5.91 Å². The van der Waals surface area contributed by atoms with E-state index in [1.165, 1.54) is 0 Å². The molecule has 7 nitrogen and oxygen atoms in total. The number of carboxylic acid groups (broad SMARTS) is 1. The van der Waals surface area contributed by atoms with Crippen molar-refractivity contribution in [1.82, 2.24) is 4.57 Å². The molecular formula is C19H19ClN4O3. The number of rotatable bonds is 6. The first-order valence-corrected chi connectivity index (χ1v) is 8.01. The number of aliphatic carboxylic acids is 1. The third kappa shape index (κ3) is 4.65. The van der Waals surface area contributed by atoms with Crippen LogP contribution in [0.3, 0.4) is 0 Å². The molecule has 0 bridgehead atoms. The fraction of sp³-hybridized carbons (Fsp3) is 0.105. The Morgan fingerprint density at radius 2 is 1.78 bits per heavy atom. The number of nitrogens with one attached hydrogen (secondary N) is 1. The molecule has 0 fully saturated rings. The summed E-state index contributed by atoms with van der Waals surface area (Å²) in [5.41, 5.74) is 8.34. The molecule has 1 heterocycles. The summed E-state index contributed by atoms with van der Waals surface area (Å²) >= 11 is 0. The highest BCUT2D eigenvalue weighted by Crippen LogP contribution is 2.22. The lowest BCUT2D eigenvalue weighted by Gasteiger charge is -2.07. The fourth-order valence-electron chi connectivity index (χ4n) is 2.86. The Hall–Kier alpha value is -3.32. The van der Waals surface area contributed by atoms with Gasteiger partial charge in [0.15, 0.2) is 0 Å². The van der Waals surface area contributed by atoms with Crippen molar-refractivity contribution in [1.29, 1.82) is 0 Å². The van der Waals surface area contributed by atoms with Crippen LogP contribution in [-0.4, -0.2) is 27.4 Å². The molecule has 2 aromatic carbocycles. The Labute approximate surface area is 161 Å². The molecule has 0 aliphatic rings. The number of carboxylic acids is 1. The number of hydrogen-bond donors (Lipinski definition) is 4. The van der Waals surface area contributed by atoms with Gasteiger partial charge in [-0.05, 0) is 35.9 Å². The van der Waals surface area contributed by atoms with Crippen molar-refractivity contribution in [3.63, 3.8) is 0 Å². The lowest BCUT2D eigenvalue weighted by molar-refractivity contribution is -0.136. The van der Waals surface area contributed by atoms with Gasteiger partial charge in [-0.15, -0.1) is 0 Å². The molecule has 0 aliphatic heterocycles. The highest BCUT2D eigenvalue weighted by atomic mass is 35.5. The zero-order chi connectivity index (χ0) is 18.7. The molecule has 8 heteroatoms. The molecule has 1 amide bonds. The maximum Gasteiger partial charge on any atom is 0.307 e. The lowest BCUT2D eigenvalue weighted by Crippen LogP contribution is -3.00. The maximum atomic E-state index is 12.4. The molecule has 3 rings (SSSR count). The number of aromatic nitrogens is 1. The van der Waals surface area contributed by atoms with Gasteiger partial charge in [0.1, 0.15) is 6.54 Å². The Kier molecular flexibility index (Phi) is 6.20. The van der Waals surface area contributed by atoms with Crippen molar-refractivity contribution in [3.8, 4) is 0 Å². The highest BCUT2D eigenvalue weighted by molar-refractivity contribution is 5.95. The smallest absolute Gasteiger partial charge is 0.307 e. The van der Waals surface area contributed by atoms with E-state index in [1.807, 2.05) is 24.3 Å². The molecule has 0 spiro atoms. The number of carbonyl (C=O) groups is 2. The third-order valence-corrected chi connectivity index (χ3v) is 4.03. The summed E-state index contributed by atoms with van der Waals surface area (Å²) in [6.07, 6.45) is 1.62. The van der Waals surface area contributed by atoms with Crippen LogP contribution in [0.25, 0.3) is 10.9 Å². The van der Waals surface area contributed by atoms with E-state index in [2.05, 4.69) is 5.32 Å². The molecule has 6 N–H and O–H groups in total. The highest BCUT2D eigenvalue weighted by Gasteiger charge is 2.13. The van der Waals surface area contributed by atoms with E-state index in [9.17, 15) is 9.59 Å².